The number of carbonyl (C=O) groups excluding carboxylic acids is 1. The van der Waals surface area contributed by atoms with Gasteiger partial charge in [-0.1, -0.05) is 92.1 Å². The Kier molecular flexibility index (Phi) is 7.95. The van der Waals surface area contributed by atoms with E-state index in [1.807, 2.05) is 55.5 Å². The summed E-state index contributed by atoms with van der Waals surface area (Å²) < 4.78 is 11.6. The van der Waals surface area contributed by atoms with Crippen LogP contribution in [-0.2, 0) is 9.53 Å². The minimum Gasteiger partial charge on any atom is -0.458 e. The Balaban J connectivity index is 1.82. The van der Waals surface area contributed by atoms with E-state index in [4.69, 9.17) is 14.5 Å². The lowest BCUT2D eigenvalue weighted by Gasteiger charge is -2.25. The number of nitriles is 1. The first-order valence-corrected chi connectivity index (χ1v) is 12.1. The van der Waals surface area contributed by atoms with Crippen molar-refractivity contribution in [2.45, 2.75) is 51.0 Å². The van der Waals surface area contributed by atoms with Gasteiger partial charge in [-0.25, -0.2) is 9.78 Å². The molecule has 1 unspecified atom stereocenters. The van der Waals surface area contributed by atoms with Gasteiger partial charge < -0.3 is 9.47 Å². The third-order valence-corrected chi connectivity index (χ3v) is 6.41. The quantitative estimate of drug-likeness (QED) is 0.269. The zero-order chi connectivity index (χ0) is 24.6. The number of rotatable bonds is 8. The fourth-order valence-corrected chi connectivity index (χ4v) is 4.55. The van der Waals surface area contributed by atoms with Gasteiger partial charge in [-0.2, -0.15) is 5.26 Å². The zero-order valence-electron chi connectivity index (χ0n) is 20.1. The molecule has 1 saturated carbocycles. The first-order chi connectivity index (χ1) is 17.1. The third-order valence-electron chi connectivity index (χ3n) is 6.41. The number of aryl methyl sites for hydroxylation is 1. The molecule has 0 bridgehead atoms. The first-order valence-electron chi connectivity index (χ1n) is 12.1. The maximum atomic E-state index is 13.0. The normalized spacial score (nSPS) is 14.5. The molecule has 1 fully saturated rings. The van der Waals surface area contributed by atoms with Crippen LogP contribution in [0.4, 0.5) is 0 Å². The lowest BCUT2D eigenvalue weighted by atomic mass is 9.82. The number of nitrogens with zero attached hydrogens (tertiary/aromatic N) is 2. The van der Waals surface area contributed by atoms with E-state index in [1.165, 1.54) is 12.5 Å². The summed E-state index contributed by atoms with van der Waals surface area (Å²) in [7, 11) is 0. The van der Waals surface area contributed by atoms with Crippen molar-refractivity contribution < 1.29 is 14.3 Å². The summed E-state index contributed by atoms with van der Waals surface area (Å²) >= 11 is 0. The fourth-order valence-electron chi connectivity index (χ4n) is 4.55. The van der Waals surface area contributed by atoms with Crippen LogP contribution >= 0.6 is 0 Å². The van der Waals surface area contributed by atoms with Crippen molar-refractivity contribution in [3.05, 3.63) is 95.6 Å². The van der Waals surface area contributed by atoms with E-state index in [9.17, 15) is 10.1 Å². The van der Waals surface area contributed by atoms with Crippen LogP contribution in [0.5, 0.6) is 5.88 Å². The van der Waals surface area contributed by atoms with E-state index < -0.39 is 12.1 Å². The highest BCUT2D eigenvalue weighted by Gasteiger charge is 2.29. The van der Waals surface area contributed by atoms with Crippen LogP contribution < -0.4 is 4.74 Å². The minimum atomic E-state index is -1.05. The van der Waals surface area contributed by atoms with Crippen molar-refractivity contribution in [2.75, 3.05) is 6.61 Å². The number of hydrogen-bond donors (Lipinski definition) is 0. The highest BCUT2D eigenvalue weighted by molar-refractivity contribution is 5.77. The van der Waals surface area contributed by atoms with Gasteiger partial charge in [-0.05, 0) is 37.3 Å². The highest BCUT2D eigenvalue weighted by atomic mass is 16.6. The largest absolute Gasteiger partial charge is 0.458 e. The second-order valence-electron chi connectivity index (χ2n) is 8.92. The number of aromatic nitrogens is 1. The van der Waals surface area contributed by atoms with Crippen LogP contribution in [0.1, 0.15) is 66.4 Å². The van der Waals surface area contributed by atoms with Crippen molar-refractivity contribution in [1.82, 2.24) is 4.98 Å². The number of carbonyl (C=O) groups is 1. The molecule has 2 aromatic carbocycles. The molecule has 4 rings (SSSR count). The van der Waals surface area contributed by atoms with Crippen molar-refractivity contribution in [3.63, 3.8) is 0 Å². The summed E-state index contributed by atoms with van der Waals surface area (Å²) in [6.07, 6.45) is 5.98. The van der Waals surface area contributed by atoms with Crippen molar-refractivity contribution >= 4 is 5.97 Å². The molecule has 1 heterocycles. The minimum absolute atomic E-state index is 0.0702. The molecule has 0 aliphatic heterocycles. The Morgan fingerprint density at radius 1 is 1.14 bits per heavy atom. The number of benzene rings is 2. The molecular formula is C30H30N2O3. The molecular weight excluding hydrogens is 436 g/mol. The summed E-state index contributed by atoms with van der Waals surface area (Å²) in [5.41, 5.74) is 4.79. The fraction of sp³-hybridized carbons (Fsp3) is 0.300. The highest BCUT2D eigenvalue weighted by Crippen LogP contribution is 2.39. The van der Waals surface area contributed by atoms with Crippen molar-refractivity contribution in [3.8, 4) is 23.2 Å². The van der Waals surface area contributed by atoms with Gasteiger partial charge in [-0.3, -0.25) is 0 Å². The van der Waals surface area contributed by atoms with Gasteiger partial charge in [0.05, 0.1) is 5.69 Å². The van der Waals surface area contributed by atoms with Gasteiger partial charge in [0.25, 0.3) is 0 Å². The summed E-state index contributed by atoms with van der Waals surface area (Å²) in [5, 5.41) is 10.2. The molecule has 0 saturated heterocycles. The number of hydrogen-bond acceptors (Lipinski definition) is 5. The standard InChI is InChI=1S/C30H30N2O3/c1-3-18-34-30(33)28(24-12-8-5-9-13-24)35-29-26(20-31)25(22-10-6-4-7-11-22)19-27(32-29)23-16-14-21(2)15-17-23/h3,5,8-9,12-17,19,22,28H,1,4,6-7,10-11,18H2,2H3. The van der Waals surface area contributed by atoms with Crippen LogP contribution in [0.2, 0.25) is 0 Å². The van der Waals surface area contributed by atoms with Gasteiger partial charge in [0.2, 0.25) is 12.0 Å². The van der Waals surface area contributed by atoms with E-state index >= 15 is 0 Å². The second kappa shape index (κ2) is 11.5. The molecule has 178 valence electrons. The lowest BCUT2D eigenvalue weighted by molar-refractivity contribution is -0.151. The third kappa shape index (κ3) is 5.78. The van der Waals surface area contributed by atoms with E-state index in [0.717, 1.165) is 48.1 Å². The monoisotopic (exact) mass is 466 g/mol. The summed E-state index contributed by atoms with van der Waals surface area (Å²) in [5.74, 6) is -0.131. The Bertz CT molecular complexity index is 1210. The van der Waals surface area contributed by atoms with Gasteiger partial charge >= 0.3 is 5.97 Å². The Labute approximate surface area is 207 Å². The van der Waals surface area contributed by atoms with E-state index in [1.54, 1.807) is 12.1 Å². The molecule has 0 N–H and O–H groups in total. The van der Waals surface area contributed by atoms with Crippen LogP contribution in [0.3, 0.4) is 0 Å². The maximum absolute atomic E-state index is 13.0. The first kappa shape index (κ1) is 24.2. The lowest BCUT2D eigenvalue weighted by Crippen LogP contribution is -2.23. The van der Waals surface area contributed by atoms with Gasteiger partial charge in [-0.15, -0.1) is 0 Å². The van der Waals surface area contributed by atoms with Crippen LogP contribution in [0, 0.1) is 18.3 Å². The van der Waals surface area contributed by atoms with Gasteiger partial charge in [0.15, 0.2) is 0 Å². The SMILES string of the molecule is C=CCOC(=O)C(Oc1nc(-c2ccc(C)cc2)cc(C2CCCCC2)c1C#N)c1ccccc1. The van der Waals surface area contributed by atoms with E-state index in [-0.39, 0.29) is 18.4 Å². The molecule has 0 amide bonds. The number of esters is 1. The molecule has 3 aromatic rings. The van der Waals surface area contributed by atoms with Crippen LogP contribution in [-0.4, -0.2) is 17.6 Å². The molecule has 35 heavy (non-hydrogen) atoms. The Hall–Kier alpha value is -3.91. The van der Waals surface area contributed by atoms with E-state index in [0.29, 0.717) is 11.1 Å². The summed E-state index contributed by atoms with van der Waals surface area (Å²) in [6, 6.07) is 21.6. The topological polar surface area (TPSA) is 72.2 Å². The zero-order valence-corrected chi connectivity index (χ0v) is 20.1. The van der Waals surface area contributed by atoms with Crippen molar-refractivity contribution in [2.24, 2.45) is 0 Å². The summed E-state index contributed by atoms with van der Waals surface area (Å²) in [4.78, 5) is 17.7. The average molecular weight is 467 g/mol. The molecule has 0 radical (unpaired) electrons. The molecule has 1 atom stereocenters. The maximum Gasteiger partial charge on any atom is 0.352 e. The van der Waals surface area contributed by atoms with Crippen LogP contribution in [0.15, 0.2) is 73.3 Å². The predicted octanol–water partition coefficient (Wildman–Crippen LogP) is 6.83. The number of ether oxygens (including phenoxy) is 2. The van der Waals surface area contributed by atoms with Gasteiger partial charge in [0, 0.05) is 11.1 Å². The molecule has 5 nitrogen and oxygen atoms in total. The van der Waals surface area contributed by atoms with Gasteiger partial charge in [0.1, 0.15) is 18.2 Å². The molecule has 1 aliphatic carbocycles. The van der Waals surface area contributed by atoms with Crippen LogP contribution in [0.25, 0.3) is 11.3 Å². The number of pyridine rings is 1. The molecule has 5 heteroatoms. The molecule has 0 spiro atoms. The smallest absolute Gasteiger partial charge is 0.352 e. The molecule has 1 aliphatic rings. The van der Waals surface area contributed by atoms with Crippen molar-refractivity contribution in [1.29, 1.82) is 5.26 Å². The second-order valence-corrected chi connectivity index (χ2v) is 8.92. The van der Waals surface area contributed by atoms with E-state index in [2.05, 4.69) is 12.6 Å². The Morgan fingerprint density at radius 3 is 2.51 bits per heavy atom. The molecule has 1 aromatic heterocycles. The predicted molar refractivity (Wildman–Crippen MR) is 136 cm³/mol. The average Bonchev–Trinajstić information content (AvgIpc) is 2.91. The summed E-state index contributed by atoms with van der Waals surface area (Å²) in [6.45, 7) is 5.73. The Morgan fingerprint density at radius 2 is 1.86 bits per heavy atom.